The molecule has 0 saturated heterocycles. The zero-order valence-electron chi connectivity index (χ0n) is 35.6. The maximum atomic E-state index is 14.5. The van der Waals surface area contributed by atoms with E-state index >= 15 is 0 Å². The van der Waals surface area contributed by atoms with Gasteiger partial charge in [-0.3, -0.25) is 19.2 Å². The van der Waals surface area contributed by atoms with Gasteiger partial charge in [0.1, 0.15) is 6.10 Å². The number of rotatable bonds is 15. The molecule has 2 unspecified atom stereocenters. The number of fused-ring (bicyclic) bond motifs is 7. The molecule has 0 heterocycles. The van der Waals surface area contributed by atoms with Crippen LogP contribution in [0.1, 0.15) is 171 Å². The van der Waals surface area contributed by atoms with Crippen LogP contribution >= 0.6 is 0 Å². The number of amides is 2. The number of carboxylic acid groups (broad SMARTS) is 1. The van der Waals surface area contributed by atoms with Crippen molar-refractivity contribution in [1.29, 1.82) is 0 Å². The van der Waals surface area contributed by atoms with Gasteiger partial charge >= 0.3 is 11.9 Å². The molecule has 306 valence electrons. The van der Waals surface area contributed by atoms with Crippen LogP contribution in [-0.4, -0.2) is 48.1 Å². The number of ether oxygens (including phenoxy) is 1. The first-order chi connectivity index (χ1) is 25.2. The molecule has 0 aromatic heterocycles. The SMILES string of the molecule is C=C(C)C1CC[C@]2(C(=O)NCCCCCCCCNC(C)=O)CC[C@]3(C)[C@H](CCC4[C@@]5(C)CC[C@H](OC(=O)CC(C)(C)C(=O)O)C(C)(C)[C@@H]5CC[C@]43C)[C@@H]12. The number of carboxylic acids is 1. The Kier molecular flexibility index (Phi) is 12.6. The van der Waals surface area contributed by atoms with Crippen molar-refractivity contribution in [3.8, 4) is 0 Å². The van der Waals surface area contributed by atoms with Crippen LogP contribution in [0.5, 0.6) is 0 Å². The quantitative estimate of drug-likeness (QED) is 0.0871. The Labute approximate surface area is 327 Å². The van der Waals surface area contributed by atoms with Gasteiger partial charge in [0.25, 0.3) is 0 Å². The Bertz CT molecular complexity index is 1440. The van der Waals surface area contributed by atoms with E-state index in [-0.39, 0.29) is 45.5 Å². The number of unbranched alkanes of at least 4 members (excludes halogenated alkanes) is 5. The van der Waals surface area contributed by atoms with E-state index in [0.29, 0.717) is 35.5 Å². The Morgan fingerprint density at radius 1 is 0.741 bits per heavy atom. The molecule has 5 aliphatic rings. The number of nitrogens with one attached hydrogen (secondary N) is 2. The first-order valence-corrected chi connectivity index (χ1v) is 21.8. The molecule has 0 aliphatic heterocycles. The van der Waals surface area contributed by atoms with Crippen molar-refractivity contribution < 1.29 is 29.0 Å². The van der Waals surface area contributed by atoms with Gasteiger partial charge in [0.2, 0.25) is 11.8 Å². The van der Waals surface area contributed by atoms with Crippen LogP contribution in [-0.2, 0) is 23.9 Å². The largest absolute Gasteiger partial charge is 0.481 e. The molecular formula is C46H76N2O6. The maximum Gasteiger partial charge on any atom is 0.309 e. The monoisotopic (exact) mass is 753 g/mol. The Morgan fingerprint density at radius 2 is 1.37 bits per heavy atom. The van der Waals surface area contributed by atoms with Crippen molar-refractivity contribution in [2.24, 2.45) is 62.1 Å². The summed E-state index contributed by atoms with van der Waals surface area (Å²) in [5.41, 5.74) is -0.00924. The molecule has 5 fully saturated rings. The van der Waals surface area contributed by atoms with Crippen molar-refractivity contribution in [3.05, 3.63) is 12.2 Å². The number of aliphatic carboxylic acids is 1. The summed E-state index contributed by atoms with van der Waals surface area (Å²) in [6.45, 7) is 25.4. The fourth-order valence-corrected chi connectivity index (χ4v) is 14.0. The summed E-state index contributed by atoms with van der Waals surface area (Å²) in [5.74, 6) is 1.15. The summed E-state index contributed by atoms with van der Waals surface area (Å²) in [6, 6.07) is 0. The summed E-state index contributed by atoms with van der Waals surface area (Å²) in [7, 11) is 0. The van der Waals surface area contributed by atoms with E-state index in [1.165, 1.54) is 12.0 Å². The third-order valence-corrected chi connectivity index (χ3v) is 17.2. The topological polar surface area (TPSA) is 122 Å². The lowest BCUT2D eigenvalue weighted by Gasteiger charge is -2.72. The first-order valence-electron chi connectivity index (χ1n) is 21.8. The predicted molar refractivity (Wildman–Crippen MR) is 214 cm³/mol. The van der Waals surface area contributed by atoms with E-state index < -0.39 is 17.4 Å². The van der Waals surface area contributed by atoms with E-state index in [4.69, 9.17) is 4.74 Å². The molecule has 54 heavy (non-hydrogen) atoms. The van der Waals surface area contributed by atoms with Gasteiger partial charge in [-0.15, -0.1) is 0 Å². The highest BCUT2D eigenvalue weighted by atomic mass is 16.5. The summed E-state index contributed by atoms with van der Waals surface area (Å²) in [5, 5.41) is 16.0. The molecule has 5 rings (SSSR count). The second-order valence-corrected chi connectivity index (χ2v) is 20.9. The molecule has 0 aromatic carbocycles. The summed E-state index contributed by atoms with van der Waals surface area (Å²) in [6.07, 6.45) is 16.8. The highest BCUT2D eigenvalue weighted by Crippen LogP contribution is 2.77. The second-order valence-electron chi connectivity index (χ2n) is 20.9. The summed E-state index contributed by atoms with van der Waals surface area (Å²) in [4.78, 5) is 50.4. The average molecular weight is 753 g/mol. The molecule has 5 aliphatic carbocycles. The lowest BCUT2D eigenvalue weighted by Crippen LogP contribution is -2.67. The lowest BCUT2D eigenvalue weighted by atomic mass is 9.32. The van der Waals surface area contributed by atoms with Crippen LogP contribution in [0.25, 0.3) is 0 Å². The van der Waals surface area contributed by atoms with Crippen molar-refractivity contribution in [2.45, 2.75) is 178 Å². The standard InChI is InChI=1S/C46H76N2O6/c1-30(2)32-19-24-46(39(51)48-28-16-14-12-11-13-15-27-47-31(3)49)26-25-44(9)33(38(32)46)17-18-35-43(8)22-21-36(54-37(50)29-41(4,5)40(52)53)42(6,7)34(43)20-23-45(35,44)10/h32-36,38H,1,11-29H2,2-10H3,(H,47,49)(H,48,51)(H,52,53)/t32?,33-,34+,35?,36+,38-,43+,44-,45-,46+/m1/s1. The lowest BCUT2D eigenvalue weighted by molar-refractivity contribution is -0.249. The van der Waals surface area contributed by atoms with Gasteiger partial charge < -0.3 is 20.5 Å². The molecule has 8 nitrogen and oxygen atoms in total. The van der Waals surface area contributed by atoms with Crippen LogP contribution in [0.3, 0.4) is 0 Å². The molecule has 10 atom stereocenters. The number of esters is 1. The molecular weight excluding hydrogens is 677 g/mol. The number of hydrogen-bond acceptors (Lipinski definition) is 5. The van der Waals surface area contributed by atoms with Crippen LogP contribution in [0.4, 0.5) is 0 Å². The Hall–Kier alpha value is -2.38. The number of carbonyl (C=O) groups is 4. The van der Waals surface area contributed by atoms with Crippen LogP contribution < -0.4 is 10.6 Å². The first kappa shape index (κ1) is 42.8. The zero-order valence-corrected chi connectivity index (χ0v) is 35.6. The highest BCUT2D eigenvalue weighted by Gasteiger charge is 2.72. The summed E-state index contributed by atoms with van der Waals surface area (Å²) < 4.78 is 6.18. The predicted octanol–water partition coefficient (Wildman–Crippen LogP) is 9.65. The van der Waals surface area contributed by atoms with Crippen molar-refractivity contribution in [3.63, 3.8) is 0 Å². The van der Waals surface area contributed by atoms with Gasteiger partial charge in [-0.2, -0.15) is 0 Å². The fourth-order valence-electron chi connectivity index (χ4n) is 14.0. The minimum absolute atomic E-state index is 0.0397. The van der Waals surface area contributed by atoms with E-state index in [0.717, 1.165) is 109 Å². The fraction of sp³-hybridized carbons (Fsp3) is 0.870. The van der Waals surface area contributed by atoms with Gasteiger partial charge in [-0.25, -0.2) is 0 Å². The third kappa shape index (κ3) is 7.55. The van der Waals surface area contributed by atoms with Gasteiger partial charge in [-0.1, -0.05) is 72.5 Å². The van der Waals surface area contributed by atoms with Crippen LogP contribution in [0.2, 0.25) is 0 Å². The van der Waals surface area contributed by atoms with Crippen LogP contribution in [0.15, 0.2) is 12.2 Å². The van der Waals surface area contributed by atoms with Crippen molar-refractivity contribution >= 4 is 23.8 Å². The molecule has 3 N–H and O–H groups in total. The molecule has 0 radical (unpaired) electrons. The van der Waals surface area contributed by atoms with Gasteiger partial charge in [0.05, 0.1) is 17.3 Å². The molecule has 2 amide bonds. The summed E-state index contributed by atoms with van der Waals surface area (Å²) >= 11 is 0. The minimum atomic E-state index is -1.15. The van der Waals surface area contributed by atoms with E-state index in [2.05, 4.69) is 58.8 Å². The smallest absolute Gasteiger partial charge is 0.309 e. The van der Waals surface area contributed by atoms with E-state index in [9.17, 15) is 24.3 Å². The third-order valence-electron chi connectivity index (χ3n) is 17.2. The highest BCUT2D eigenvalue weighted by molar-refractivity contribution is 5.84. The Balaban J connectivity index is 1.27. The van der Waals surface area contributed by atoms with Gasteiger partial charge in [0, 0.05) is 25.4 Å². The zero-order chi connectivity index (χ0) is 39.9. The average Bonchev–Trinajstić information content (AvgIpc) is 3.48. The van der Waals surface area contributed by atoms with Gasteiger partial charge in [0.15, 0.2) is 0 Å². The van der Waals surface area contributed by atoms with Crippen LogP contribution in [0, 0.1) is 62.1 Å². The van der Waals surface area contributed by atoms with Crippen molar-refractivity contribution in [2.75, 3.05) is 13.1 Å². The normalized spacial score (nSPS) is 38.2. The second kappa shape index (κ2) is 15.9. The molecule has 0 aromatic rings. The molecule has 8 heteroatoms. The van der Waals surface area contributed by atoms with E-state index in [1.54, 1.807) is 20.8 Å². The number of hydrogen-bond donors (Lipinski definition) is 3. The molecule has 5 saturated carbocycles. The minimum Gasteiger partial charge on any atom is -0.481 e. The number of allylic oxidation sites excluding steroid dienone is 1. The molecule has 0 bridgehead atoms. The van der Waals surface area contributed by atoms with E-state index in [1.807, 2.05) is 0 Å². The van der Waals surface area contributed by atoms with Gasteiger partial charge in [-0.05, 0) is 144 Å². The Morgan fingerprint density at radius 3 is 1.98 bits per heavy atom. The number of carbonyl (C=O) groups excluding carboxylic acids is 3. The molecule has 0 spiro atoms. The maximum absolute atomic E-state index is 14.5. The van der Waals surface area contributed by atoms with Crippen molar-refractivity contribution in [1.82, 2.24) is 10.6 Å².